The van der Waals surface area contributed by atoms with E-state index in [0.29, 0.717) is 0 Å². The van der Waals surface area contributed by atoms with Crippen LogP contribution in [0.25, 0.3) is 0 Å². The number of hydrogen-bond donors (Lipinski definition) is 0. The summed E-state index contributed by atoms with van der Waals surface area (Å²) in [5.41, 5.74) is 0. The van der Waals surface area contributed by atoms with Gasteiger partial charge in [-0.2, -0.15) is 0 Å². The van der Waals surface area contributed by atoms with Crippen molar-refractivity contribution in [3.63, 3.8) is 0 Å². The lowest BCUT2D eigenvalue weighted by atomic mass is 9.92. The highest BCUT2D eigenvalue weighted by Gasteiger charge is 2.05. The molecule has 0 aliphatic heterocycles. The Morgan fingerprint density at radius 2 is 1.56 bits per heavy atom. The van der Waals surface area contributed by atoms with Crippen molar-refractivity contribution in [3.05, 3.63) is 12.2 Å². The van der Waals surface area contributed by atoms with E-state index in [9.17, 15) is 0 Å². The molecule has 0 nitrogen and oxygen atoms in total. The molecule has 2 atom stereocenters. The Labute approximate surface area is 104 Å². The molecule has 0 aliphatic carbocycles. The predicted molar refractivity (Wildman–Crippen MR) is 75.8 cm³/mol. The van der Waals surface area contributed by atoms with E-state index < -0.39 is 0 Å². The second-order valence-electron chi connectivity index (χ2n) is 5.40. The summed E-state index contributed by atoms with van der Waals surface area (Å²) in [5.74, 6) is 1.66. The zero-order valence-electron chi connectivity index (χ0n) is 12.0. The number of hydrogen-bond acceptors (Lipinski definition) is 0. The van der Waals surface area contributed by atoms with E-state index in [4.69, 9.17) is 0 Å². The van der Waals surface area contributed by atoms with E-state index in [-0.39, 0.29) is 0 Å². The Morgan fingerprint density at radius 1 is 0.938 bits per heavy atom. The third-order valence-electron chi connectivity index (χ3n) is 3.35. The fourth-order valence-corrected chi connectivity index (χ4v) is 2.43. The van der Waals surface area contributed by atoms with Crippen molar-refractivity contribution in [2.24, 2.45) is 11.8 Å². The lowest BCUT2D eigenvalue weighted by Crippen LogP contribution is -2.01. The minimum atomic E-state index is 0.764. The molecular formula is C16H32. The van der Waals surface area contributed by atoms with Gasteiger partial charge in [-0.15, -0.1) is 0 Å². The maximum Gasteiger partial charge on any atom is -0.0260 e. The van der Waals surface area contributed by atoms with Crippen molar-refractivity contribution in [3.8, 4) is 0 Å². The van der Waals surface area contributed by atoms with Crippen LogP contribution in [0.1, 0.15) is 79.1 Å². The molecule has 0 saturated carbocycles. The highest BCUT2D eigenvalue weighted by Crippen LogP contribution is 2.19. The molecule has 0 rings (SSSR count). The van der Waals surface area contributed by atoms with Gasteiger partial charge in [0.05, 0.1) is 0 Å². The fourth-order valence-electron chi connectivity index (χ4n) is 2.43. The van der Waals surface area contributed by atoms with Gasteiger partial charge in [-0.3, -0.25) is 0 Å². The van der Waals surface area contributed by atoms with Gasteiger partial charge < -0.3 is 0 Å². The van der Waals surface area contributed by atoms with Gasteiger partial charge in [-0.25, -0.2) is 0 Å². The van der Waals surface area contributed by atoms with Crippen molar-refractivity contribution in [2.75, 3.05) is 0 Å². The van der Waals surface area contributed by atoms with Gasteiger partial charge in [-0.1, -0.05) is 77.9 Å². The predicted octanol–water partition coefficient (Wildman–Crippen LogP) is 5.98. The number of unbranched alkanes of at least 4 members (excludes halogenated alkanes) is 5. The monoisotopic (exact) mass is 224 g/mol. The van der Waals surface area contributed by atoms with Crippen molar-refractivity contribution < 1.29 is 0 Å². The summed E-state index contributed by atoms with van der Waals surface area (Å²) in [4.78, 5) is 0. The molecule has 0 heterocycles. The van der Waals surface area contributed by atoms with E-state index in [1.54, 1.807) is 0 Å². The van der Waals surface area contributed by atoms with Crippen LogP contribution in [0.5, 0.6) is 0 Å². The average Bonchev–Trinajstić information content (AvgIpc) is 2.23. The first kappa shape index (κ1) is 15.7. The largest absolute Gasteiger partial charge is 0.0914 e. The van der Waals surface area contributed by atoms with Crippen LogP contribution < -0.4 is 0 Å². The second-order valence-corrected chi connectivity index (χ2v) is 5.40. The van der Waals surface area contributed by atoms with Crippen molar-refractivity contribution in [1.82, 2.24) is 0 Å². The van der Waals surface area contributed by atoms with Gasteiger partial charge in [-0.05, 0) is 25.2 Å². The summed E-state index contributed by atoms with van der Waals surface area (Å²) in [7, 11) is 0. The Hall–Kier alpha value is -0.260. The third kappa shape index (κ3) is 10.3. The molecule has 0 bridgehead atoms. The minimum absolute atomic E-state index is 0.764. The van der Waals surface area contributed by atoms with Crippen LogP contribution >= 0.6 is 0 Å². The molecular weight excluding hydrogens is 192 g/mol. The van der Waals surface area contributed by atoms with E-state index >= 15 is 0 Å². The maximum absolute atomic E-state index is 2.41. The van der Waals surface area contributed by atoms with E-state index in [1.165, 1.54) is 51.4 Å². The summed E-state index contributed by atoms with van der Waals surface area (Å²) in [5, 5.41) is 0. The molecule has 0 spiro atoms. The van der Waals surface area contributed by atoms with Gasteiger partial charge in [0.2, 0.25) is 0 Å². The van der Waals surface area contributed by atoms with Crippen LogP contribution in [0.2, 0.25) is 0 Å². The van der Waals surface area contributed by atoms with Crippen molar-refractivity contribution in [1.29, 1.82) is 0 Å². The van der Waals surface area contributed by atoms with E-state index in [0.717, 1.165) is 11.8 Å². The zero-order valence-corrected chi connectivity index (χ0v) is 12.0. The molecule has 0 aromatic rings. The summed E-state index contributed by atoms with van der Waals surface area (Å²) in [6.45, 7) is 9.14. The van der Waals surface area contributed by atoms with Gasteiger partial charge in [0.25, 0.3) is 0 Å². The fraction of sp³-hybridized carbons (Fsp3) is 0.875. The Balaban J connectivity index is 3.33. The average molecular weight is 224 g/mol. The summed E-state index contributed by atoms with van der Waals surface area (Å²) in [6, 6.07) is 0. The molecule has 0 aromatic carbocycles. The third-order valence-corrected chi connectivity index (χ3v) is 3.35. The Bertz CT molecular complexity index is 157. The van der Waals surface area contributed by atoms with Crippen molar-refractivity contribution in [2.45, 2.75) is 79.1 Å². The molecule has 0 N–H and O–H groups in total. The summed E-state index contributed by atoms with van der Waals surface area (Å²) < 4.78 is 0. The molecule has 96 valence electrons. The van der Waals surface area contributed by atoms with E-state index in [2.05, 4.69) is 39.8 Å². The topological polar surface area (TPSA) is 0 Å². The first-order valence-corrected chi connectivity index (χ1v) is 7.33. The molecule has 0 amide bonds. The minimum Gasteiger partial charge on any atom is -0.0914 e. The van der Waals surface area contributed by atoms with Crippen LogP contribution in [-0.4, -0.2) is 0 Å². The molecule has 0 aromatic heterocycles. The lowest BCUT2D eigenvalue weighted by molar-refractivity contribution is 0.416. The molecule has 0 heteroatoms. The van der Waals surface area contributed by atoms with Gasteiger partial charge in [0.1, 0.15) is 0 Å². The molecule has 16 heavy (non-hydrogen) atoms. The molecule has 0 saturated heterocycles. The number of allylic oxidation sites excluding steroid dienone is 2. The zero-order chi connectivity index (χ0) is 12.2. The molecule has 0 radical (unpaired) electrons. The summed E-state index contributed by atoms with van der Waals surface area (Å²) >= 11 is 0. The first-order valence-electron chi connectivity index (χ1n) is 7.33. The Kier molecular flexibility index (Phi) is 11.0. The lowest BCUT2D eigenvalue weighted by Gasteiger charge is -2.14. The molecule has 0 aliphatic rings. The highest BCUT2D eigenvalue weighted by atomic mass is 14.1. The smallest absolute Gasteiger partial charge is 0.0260 e. The SMILES string of the molecule is CC=CC(C)CC(C)CCCCCCCC. The molecule has 2 unspecified atom stereocenters. The normalized spacial score (nSPS) is 15.5. The number of rotatable bonds is 10. The van der Waals surface area contributed by atoms with Crippen LogP contribution in [0.3, 0.4) is 0 Å². The standard InChI is InChI=1S/C16H32/c1-5-7-8-9-10-11-13-16(4)14-15(3)12-6-2/h6,12,15-16H,5,7-11,13-14H2,1-4H3. The van der Waals surface area contributed by atoms with Gasteiger partial charge in [0, 0.05) is 0 Å². The quantitative estimate of drug-likeness (QED) is 0.316. The van der Waals surface area contributed by atoms with Crippen LogP contribution in [0.15, 0.2) is 12.2 Å². The summed E-state index contributed by atoms with van der Waals surface area (Å²) in [6.07, 6.45) is 15.9. The molecule has 0 fully saturated rings. The first-order chi connectivity index (χ1) is 7.70. The van der Waals surface area contributed by atoms with Crippen molar-refractivity contribution >= 4 is 0 Å². The highest BCUT2D eigenvalue weighted by molar-refractivity contribution is 4.83. The Morgan fingerprint density at radius 3 is 2.19 bits per heavy atom. The van der Waals surface area contributed by atoms with Crippen LogP contribution in [0.4, 0.5) is 0 Å². The van der Waals surface area contributed by atoms with Crippen LogP contribution in [-0.2, 0) is 0 Å². The van der Waals surface area contributed by atoms with Gasteiger partial charge in [0.15, 0.2) is 0 Å². The van der Waals surface area contributed by atoms with Crippen LogP contribution in [0, 0.1) is 11.8 Å². The van der Waals surface area contributed by atoms with Gasteiger partial charge >= 0.3 is 0 Å². The maximum atomic E-state index is 2.41. The van der Waals surface area contributed by atoms with E-state index in [1.807, 2.05) is 0 Å². The second kappa shape index (κ2) is 11.2.